The number of Topliss-reactive ketones (excluding diaryl/α,β-unsaturated/α-hetero) is 1. The summed E-state index contributed by atoms with van der Waals surface area (Å²) in [5.74, 6) is 0.612. The van der Waals surface area contributed by atoms with Crippen molar-refractivity contribution in [3.63, 3.8) is 0 Å². The Bertz CT molecular complexity index is 406. The summed E-state index contributed by atoms with van der Waals surface area (Å²) in [5.41, 5.74) is 0.739. The van der Waals surface area contributed by atoms with Crippen LogP contribution in [0.5, 0.6) is 0 Å². The van der Waals surface area contributed by atoms with Crippen LogP contribution in [0.4, 0.5) is 0 Å². The number of ketones is 1. The van der Waals surface area contributed by atoms with Crippen molar-refractivity contribution in [2.45, 2.75) is 20.3 Å². The highest BCUT2D eigenvalue weighted by Gasteiger charge is 2.13. The molecule has 18 heavy (non-hydrogen) atoms. The normalized spacial score (nSPS) is 10.6. The Hall–Kier alpha value is -1.66. The van der Waals surface area contributed by atoms with Gasteiger partial charge >= 0.3 is 0 Å². The Morgan fingerprint density at radius 3 is 2.56 bits per heavy atom. The topological polar surface area (TPSA) is 44.1 Å². The first-order chi connectivity index (χ1) is 8.63. The fourth-order valence-electron chi connectivity index (χ4n) is 1.88. The van der Waals surface area contributed by atoms with Crippen LogP contribution in [0.25, 0.3) is 0 Å². The maximum atomic E-state index is 12.1. The number of carbonyl (C=O) groups is 1. The van der Waals surface area contributed by atoms with Gasteiger partial charge in [0.05, 0.1) is 12.6 Å². The molecular weight excluding hydrogens is 224 g/mol. The molecule has 0 bridgehead atoms. The molecule has 0 atom stereocenters. The third kappa shape index (κ3) is 5.11. The van der Waals surface area contributed by atoms with Crippen LogP contribution < -0.4 is 0 Å². The van der Waals surface area contributed by atoms with Gasteiger partial charge in [0, 0.05) is 25.1 Å². The number of benzene rings is 1. The lowest BCUT2D eigenvalue weighted by Gasteiger charge is -2.22. The molecule has 0 aliphatic carbocycles. The second-order valence-corrected chi connectivity index (χ2v) is 4.83. The van der Waals surface area contributed by atoms with Gasteiger partial charge in [-0.2, -0.15) is 5.26 Å². The van der Waals surface area contributed by atoms with Gasteiger partial charge in [-0.3, -0.25) is 9.69 Å². The molecule has 0 radical (unpaired) electrons. The summed E-state index contributed by atoms with van der Waals surface area (Å²) in [6.07, 6.45) is 0.467. The van der Waals surface area contributed by atoms with E-state index in [0.717, 1.165) is 12.1 Å². The van der Waals surface area contributed by atoms with E-state index in [2.05, 4.69) is 24.8 Å². The first kappa shape index (κ1) is 14.4. The number of hydrogen-bond donors (Lipinski definition) is 0. The summed E-state index contributed by atoms with van der Waals surface area (Å²) in [5, 5.41) is 8.64. The number of nitrogens with zero attached hydrogens (tertiary/aromatic N) is 2. The Kier molecular flexibility index (Phi) is 6.10. The molecule has 1 rings (SSSR count). The van der Waals surface area contributed by atoms with Gasteiger partial charge in [-0.1, -0.05) is 44.2 Å². The fraction of sp³-hybridized carbons (Fsp3) is 0.467. The Labute approximate surface area is 109 Å². The fourth-order valence-corrected chi connectivity index (χ4v) is 1.88. The average Bonchev–Trinajstić information content (AvgIpc) is 2.36. The summed E-state index contributed by atoms with van der Waals surface area (Å²) >= 11 is 0. The third-order valence-electron chi connectivity index (χ3n) is 2.63. The summed E-state index contributed by atoms with van der Waals surface area (Å²) in [4.78, 5) is 14.1. The van der Waals surface area contributed by atoms with Gasteiger partial charge in [-0.15, -0.1) is 0 Å². The molecule has 0 unspecified atom stereocenters. The Balaban J connectivity index is 2.60. The van der Waals surface area contributed by atoms with E-state index < -0.39 is 0 Å². The number of carbonyl (C=O) groups excluding carboxylic acids is 1. The number of rotatable bonds is 7. The van der Waals surface area contributed by atoms with Crippen molar-refractivity contribution in [2.75, 3.05) is 19.6 Å². The monoisotopic (exact) mass is 244 g/mol. The first-order valence-corrected chi connectivity index (χ1v) is 6.31. The maximum Gasteiger partial charge on any atom is 0.176 e. The van der Waals surface area contributed by atoms with Crippen molar-refractivity contribution >= 4 is 5.78 Å². The van der Waals surface area contributed by atoms with Gasteiger partial charge in [0.25, 0.3) is 0 Å². The quantitative estimate of drug-likeness (QED) is 0.693. The van der Waals surface area contributed by atoms with E-state index in [1.165, 1.54) is 0 Å². The minimum absolute atomic E-state index is 0.120. The van der Waals surface area contributed by atoms with E-state index in [1.807, 2.05) is 30.3 Å². The van der Waals surface area contributed by atoms with Crippen LogP contribution in [0.15, 0.2) is 30.3 Å². The molecule has 0 aliphatic rings. The molecule has 0 N–H and O–H groups in total. The van der Waals surface area contributed by atoms with E-state index >= 15 is 0 Å². The Morgan fingerprint density at radius 2 is 2.00 bits per heavy atom. The molecule has 0 aromatic heterocycles. The molecule has 96 valence electrons. The first-order valence-electron chi connectivity index (χ1n) is 6.31. The maximum absolute atomic E-state index is 12.1. The van der Waals surface area contributed by atoms with Crippen LogP contribution in [0.2, 0.25) is 0 Å². The lowest BCUT2D eigenvalue weighted by molar-refractivity contribution is 0.0924. The zero-order valence-corrected chi connectivity index (χ0v) is 11.1. The van der Waals surface area contributed by atoms with E-state index in [4.69, 9.17) is 5.26 Å². The zero-order chi connectivity index (χ0) is 13.4. The predicted molar refractivity (Wildman–Crippen MR) is 72.3 cm³/mol. The molecule has 0 heterocycles. The molecule has 0 aliphatic heterocycles. The molecule has 0 amide bonds. The minimum atomic E-state index is 0.120. The Morgan fingerprint density at radius 1 is 1.33 bits per heavy atom. The van der Waals surface area contributed by atoms with Crippen LogP contribution >= 0.6 is 0 Å². The predicted octanol–water partition coefficient (Wildman–Crippen LogP) is 2.74. The van der Waals surface area contributed by atoms with Crippen molar-refractivity contribution in [3.05, 3.63) is 35.9 Å². The molecule has 0 saturated heterocycles. The van der Waals surface area contributed by atoms with Gasteiger partial charge in [0.2, 0.25) is 0 Å². The molecule has 3 heteroatoms. The standard InChI is InChI=1S/C15H20N2O/c1-13(2)11-17(10-6-9-16)12-15(18)14-7-4-3-5-8-14/h3-5,7-8,13H,6,10-12H2,1-2H3. The summed E-state index contributed by atoms with van der Waals surface area (Å²) < 4.78 is 0. The van der Waals surface area contributed by atoms with E-state index in [1.54, 1.807) is 0 Å². The van der Waals surface area contributed by atoms with Crippen LogP contribution in [0, 0.1) is 17.2 Å². The summed E-state index contributed by atoms with van der Waals surface area (Å²) in [6.45, 7) is 6.14. The third-order valence-corrected chi connectivity index (χ3v) is 2.63. The molecule has 1 aromatic carbocycles. The highest BCUT2D eigenvalue weighted by Crippen LogP contribution is 2.05. The average molecular weight is 244 g/mol. The van der Waals surface area contributed by atoms with Crippen molar-refractivity contribution < 1.29 is 4.79 Å². The number of nitriles is 1. The lowest BCUT2D eigenvalue weighted by Crippen LogP contribution is -2.33. The second-order valence-electron chi connectivity index (χ2n) is 4.83. The van der Waals surface area contributed by atoms with Crippen molar-refractivity contribution in [2.24, 2.45) is 5.92 Å². The van der Waals surface area contributed by atoms with Gasteiger partial charge in [-0.25, -0.2) is 0 Å². The number of hydrogen-bond acceptors (Lipinski definition) is 3. The van der Waals surface area contributed by atoms with Crippen LogP contribution in [0.1, 0.15) is 30.6 Å². The van der Waals surface area contributed by atoms with E-state index in [9.17, 15) is 4.79 Å². The van der Waals surface area contributed by atoms with Gasteiger partial charge < -0.3 is 0 Å². The van der Waals surface area contributed by atoms with Crippen molar-refractivity contribution in [1.82, 2.24) is 4.90 Å². The van der Waals surface area contributed by atoms with Crippen molar-refractivity contribution in [1.29, 1.82) is 5.26 Å². The molecular formula is C15H20N2O. The molecule has 0 saturated carbocycles. The second kappa shape index (κ2) is 7.62. The molecule has 0 fully saturated rings. The van der Waals surface area contributed by atoms with Gasteiger partial charge in [0.1, 0.15) is 0 Å². The summed E-state index contributed by atoms with van der Waals surface area (Å²) in [6, 6.07) is 11.4. The highest BCUT2D eigenvalue weighted by atomic mass is 16.1. The lowest BCUT2D eigenvalue weighted by atomic mass is 10.1. The van der Waals surface area contributed by atoms with Gasteiger partial charge in [-0.05, 0) is 5.92 Å². The minimum Gasteiger partial charge on any atom is -0.295 e. The van der Waals surface area contributed by atoms with E-state index in [0.29, 0.717) is 25.4 Å². The smallest absolute Gasteiger partial charge is 0.176 e. The molecule has 1 aromatic rings. The van der Waals surface area contributed by atoms with Crippen LogP contribution in [-0.2, 0) is 0 Å². The van der Waals surface area contributed by atoms with Gasteiger partial charge in [0.15, 0.2) is 5.78 Å². The highest BCUT2D eigenvalue weighted by molar-refractivity contribution is 5.97. The zero-order valence-electron chi connectivity index (χ0n) is 11.1. The van der Waals surface area contributed by atoms with Crippen LogP contribution in [-0.4, -0.2) is 30.3 Å². The van der Waals surface area contributed by atoms with Crippen LogP contribution in [0.3, 0.4) is 0 Å². The summed E-state index contributed by atoms with van der Waals surface area (Å²) in [7, 11) is 0. The largest absolute Gasteiger partial charge is 0.295 e. The SMILES string of the molecule is CC(C)CN(CCC#N)CC(=O)c1ccccc1. The molecule has 0 spiro atoms. The van der Waals surface area contributed by atoms with Crippen molar-refractivity contribution in [3.8, 4) is 6.07 Å². The van der Waals surface area contributed by atoms with E-state index in [-0.39, 0.29) is 5.78 Å². The molecule has 3 nitrogen and oxygen atoms in total.